The Balaban J connectivity index is 1.82. The summed E-state index contributed by atoms with van der Waals surface area (Å²) in [6.07, 6.45) is 5.14. The Hall–Kier alpha value is -0.680. The summed E-state index contributed by atoms with van der Waals surface area (Å²) in [5.74, 6) is -0.919. The fourth-order valence-corrected chi connectivity index (χ4v) is 4.24. The molecule has 0 spiro atoms. The maximum atomic E-state index is 14.2. The lowest BCUT2D eigenvalue weighted by molar-refractivity contribution is 0.351. The topological polar surface area (TPSA) is 15.3 Å². The summed E-state index contributed by atoms with van der Waals surface area (Å²) in [4.78, 5) is 2.00. The molecule has 2 nitrogen and oxygen atoms in total. The maximum absolute atomic E-state index is 14.2. The molecule has 2 saturated heterocycles. The lowest BCUT2D eigenvalue weighted by Crippen LogP contribution is -2.50. The van der Waals surface area contributed by atoms with Crippen LogP contribution >= 0.6 is 15.9 Å². The van der Waals surface area contributed by atoms with E-state index in [4.69, 9.17) is 0 Å². The van der Waals surface area contributed by atoms with Gasteiger partial charge < -0.3 is 10.2 Å². The lowest BCUT2D eigenvalue weighted by Gasteiger charge is -2.41. The molecule has 0 amide bonds. The maximum Gasteiger partial charge on any atom is 0.150 e. The number of rotatable bonds is 4. The van der Waals surface area contributed by atoms with Crippen LogP contribution in [0.1, 0.15) is 39.0 Å². The Bertz CT molecular complexity index is 486. The van der Waals surface area contributed by atoms with Gasteiger partial charge in [0.2, 0.25) is 0 Å². The Labute approximate surface area is 133 Å². The quantitative estimate of drug-likeness (QED) is 0.866. The molecule has 5 heteroatoms. The third kappa shape index (κ3) is 2.95. The fraction of sp³-hybridized carbons (Fsp3) is 0.625. The van der Waals surface area contributed by atoms with Gasteiger partial charge in [0.15, 0.2) is 11.6 Å². The average Bonchev–Trinajstić information content (AvgIpc) is 2.68. The summed E-state index contributed by atoms with van der Waals surface area (Å²) in [6, 6.07) is 3.71. The third-order valence-corrected chi connectivity index (χ3v) is 5.11. The molecule has 21 heavy (non-hydrogen) atoms. The van der Waals surface area contributed by atoms with E-state index in [1.54, 1.807) is 0 Å². The highest BCUT2D eigenvalue weighted by Gasteiger charge is 2.42. The molecule has 0 saturated carbocycles. The minimum absolute atomic E-state index is 0.166. The lowest BCUT2D eigenvalue weighted by atomic mass is 9.96. The van der Waals surface area contributed by atoms with Crippen molar-refractivity contribution in [3.63, 3.8) is 0 Å². The molecule has 0 aromatic heterocycles. The van der Waals surface area contributed by atoms with Crippen LogP contribution in [0, 0.1) is 11.6 Å². The van der Waals surface area contributed by atoms with E-state index in [1.165, 1.54) is 12.1 Å². The Morgan fingerprint density at radius 2 is 1.76 bits per heavy atom. The number of benzene rings is 1. The average molecular weight is 359 g/mol. The number of anilines is 1. The molecule has 0 aliphatic carbocycles. The van der Waals surface area contributed by atoms with E-state index in [0.29, 0.717) is 10.5 Å². The van der Waals surface area contributed by atoms with Crippen LogP contribution < -0.4 is 10.2 Å². The summed E-state index contributed by atoms with van der Waals surface area (Å²) in [5, 5.41) is 3.56. The van der Waals surface area contributed by atoms with E-state index in [2.05, 4.69) is 28.2 Å². The van der Waals surface area contributed by atoms with Crippen LogP contribution in [0.5, 0.6) is 0 Å². The van der Waals surface area contributed by atoms with E-state index < -0.39 is 11.6 Å². The molecule has 2 atom stereocenters. The highest BCUT2D eigenvalue weighted by atomic mass is 79.9. The molecule has 1 aromatic rings. The predicted octanol–water partition coefficient (Wildman–Crippen LogP) is 4.23. The Morgan fingerprint density at radius 3 is 2.29 bits per heavy atom. The molecule has 2 heterocycles. The van der Waals surface area contributed by atoms with Crippen molar-refractivity contribution < 1.29 is 8.78 Å². The van der Waals surface area contributed by atoms with Crippen LogP contribution in [0.4, 0.5) is 14.5 Å². The second kappa shape index (κ2) is 6.21. The predicted molar refractivity (Wildman–Crippen MR) is 84.7 cm³/mol. The molecular formula is C16H21BrF2N2. The van der Waals surface area contributed by atoms with Crippen LogP contribution in [0.15, 0.2) is 16.6 Å². The van der Waals surface area contributed by atoms with Gasteiger partial charge >= 0.3 is 0 Å². The van der Waals surface area contributed by atoms with Crippen molar-refractivity contribution in [1.82, 2.24) is 5.32 Å². The first-order chi connectivity index (χ1) is 10.1. The summed E-state index contributed by atoms with van der Waals surface area (Å²) in [6.45, 7) is 3.18. The van der Waals surface area contributed by atoms with Crippen molar-refractivity contribution in [2.45, 2.75) is 57.2 Å². The second-order valence-electron chi connectivity index (χ2n) is 6.13. The first-order valence-electron chi connectivity index (χ1n) is 7.76. The Morgan fingerprint density at radius 1 is 1.19 bits per heavy atom. The molecule has 2 aliphatic heterocycles. The van der Waals surface area contributed by atoms with Crippen LogP contribution in [0.3, 0.4) is 0 Å². The molecule has 2 bridgehead atoms. The van der Waals surface area contributed by atoms with Gasteiger partial charge in [0.25, 0.3) is 0 Å². The zero-order chi connectivity index (χ0) is 15.0. The number of nitrogens with one attached hydrogen (secondary N) is 1. The first kappa shape index (κ1) is 15.2. The van der Waals surface area contributed by atoms with Crippen molar-refractivity contribution >= 4 is 21.6 Å². The van der Waals surface area contributed by atoms with Gasteiger partial charge in [-0.25, -0.2) is 8.78 Å². The van der Waals surface area contributed by atoms with Gasteiger partial charge in [0, 0.05) is 22.6 Å². The third-order valence-electron chi connectivity index (χ3n) is 4.66. The molecule has 3 rings (SSSR count). The number of nitrogens with zero attached hydrogens (tertiary/aromatic N) is 1. The monoisotopic (exact) mass is 358 g/mol. The van der Waals surface area contributed by atoms with Gasteiger partial charge in [-0.3, -0.25) is 0 Å². The molecule has 2 aliphatic rings. The number of fused-ring (bicyclic) bond motifs is 2. The van der Waals surface area contributed by atoms with Crippen LogP contribution in [0.2, 0.25) is 0 Å². The van der Waals surface area contributed by atoms with E-state index in [1.807, 2.05) is 4.90 Å². The van der Waals surface area contributed by atoms with Gasteiger partial charge in [-0.1, -0.05) is 22.9 Å². The summed E-state index contributed by atoms with van der Waals surface area (Å²) < 4.78 is 28.9. The summed E-state index contributed by atoms with van der Waals surface area (Å²) in [5.41, 5.74) is 0.166. The highest BCUT2D eigenvalue weighted by Crippen LogP contribution is 2.42. The van der Waals surface area contributed by atoms with E-state index in [0.717, 1.165) is 38.6 Å². The van der Waals surface area contributed by atoms with Crippen LogP contribution in [0.25, 0.3) is 0 Å². The Kier molecular flexibility index (Phi) is 4.50. The number of hydrogen-bond acceptors (Lipinski definition) is 2. The minimum atomic E-state index is -0.459. The standard InChI is InChI=1S/C16H21BrF2N2/c1-2-5-20-11-8-12-3-4-13(9-11)21(12)16-14(18)6-10(17)7-15(16)19/h6-7,11-13,20H,2-5,8-9H2,1H3. The van der Waals surface area contributed by atoms with Gasteiger partial charge in [-0.05, 0) is 50.8 Å². The smallest absolute Gasteiger partial charge is 0.150 e. The molecule has 2 fully saturated rings. The number of piperidine rings is 1. The fourth-order valence-electron chi connectivity index (χ4n) is 3.84. The normalized spacial score (nSPS) is 28.2. The van der Waals surface area contributed by atoms with Crippen molar-refractivity contribution in [1.29, 1.82) is 0 Å². The van der Waals surface area contributed by atoms with Crippen molar-refractivity contribution in [3.05, 3.63) is 28.2 Å². The van der Waals surface area contributed by atoms with Gasteiger partial charge in [-0.2, -0.15) is 0 Å². The first-order valence-corrected chi connectivity index (χ1v) is 8.55. The largest absolute Gasteiger partial charge is 0.361 e. The molecule has 1 aromatic carbocycles. The molecule has 2 unspecified atom stereocenters. The van der Waals surface area contributed by atoms with E-state index >= 15 is 0 Å². The summed E-state index contributed by atoms with van der Waals surface area (Å²) in [7, 11) is 0. The van der Waals surface area contributed by atoms with Crippen LogP contribution in [-0.2, 0) is 0 Å². The van der Waals surface area contributed by atoms with Gasteiger partial charge in [0.05, 0.1) is 0 Å². The molecule has 1 N–H and O–H groups in total. The van der Waals surface area contributed by atoms with Gasteiger partial charge in [0.1, 0.15) is 5.69 Å². The molecule has 116 valence electrons. The van der Waals surface area contributed by atoms with Crippen molar-refractivity contribution in [2.75, 3.05) is 11.4 Å². The highest BCUT2D eigenvalue weighted by molar-refractivity contribution is 9.10. The zero-order valence-corrected chi connectivity index (χ0v) is 13.8. The van der Waals surface area contributed by atoms with E-state index in [-0.39, 0.29) is 17.8 Å². The molecular weight excluding hydrogens is 338 g/mol. The molecule has 0 radical (unpaired) electrons. The van der Waals surface area contributed by atoms with Crippen molar-refractivity contribution in [3.8, 4) is 0 Å². The van der Waals surface area contributed by atoms with E-state index in [9.17, 15) is 8.78 Å². The van der Waals surface area contributed by atoms with Gasteiger partial charge in [-0.15, -0.1) is 0 Å². The SMILES string of the molecule is CCCNC1CC2CCC(C1)N2c1c(F)cc(Br)cc1F. The van der Waals surface area contributed by atoms with Crippen molar-refractivity contribution in [2.24, 2.45) is 0 Å². The second-order valence-corrected chi connectivity index (χ2v) is 7.05. The van der Waals surface area contributed by atoms with Crippen LogP contribution in [-0.4, -0.2) is 24.7 Å². The minimum Gasteiger partial charge on any atom is -0.361 e. The number of halogens is 3. The zero-order valence-electron chi connectivity index (χ0n) is 12.2. The summed E-state index contributed by atoms with van der Waals surface area (Å²) >= 11 is 3.15. The number of hydrogen-bond donors (Lipinski definition) is 1.